The van der Waals surface area contributed by atoms with Gasteiger partial charge in [0.2, 0.25) is 6.79 Å². The van der Waals surface area contributed by atoms with Gasteiger partial charge in [-0.25, -0.2) is 0 Å². The lowest BCUT2D eigenvalue weighted by molar-refractivity contribution is -0.670. The van der Waals surface area contributed by atoms with E-state index in [1.54, 1.807) is 24.3 Å². The van der Waals surface area contributed by atoms with Crippen molar-refractivity contribution in [2.75, 3.05) is 13.3 Å². The van der Waals surface area contributed by atoms with Crippen molar-refractivity contribution in [3.63, 3.8) is 0 Å². The summed E-state index contributed by atoms with van der Waals surface area (Å²) < 4.78 is 10.6. The summed E-state index contributed by atoms with van der Waals surface area (Å²) in [6, 6.07) is 12.7. The molecule has 1 aliphatic heterocycles. The number of nitrogens with zero attached hydrogens (tertiary/aromatic N) is 1. The predicted octanol–water partition coefficient (Wildman–Crippen LogP) is 1.63. The number of nitrogens with two attached hydrogens (primary N) is 1. The minimum absolute atomic E-state index is 0.129. The van der Waals surface area contributed by atoms with Crippen LogP contribution in [0.4, 0.5) is 5.69 Å². The summed E-state index contributed by atoms with van der Waals surface area (Å²) >= 11 is 0. The van der Waals surface area contributed by atoms with Crippen LogP contribution >= 0.6 is 0 Å². The molecule has 0 atom stereocenters. The van der Waals surface area contributed by atoms with Crippen molar-refractivity contribution < 1.29 is 19.7 Å². The van der Waals surface area contributed by atoms with Gasteiger partial charge in [0.1, 0.15) is 6.54 Å². The van der Waals surface area contributed by atoms with E-state index in [-0.39, 0.29) is 10.6 Å². The number of non-ortho nitro benzene ring substituents is 1. The molecule has 0 fully saturated rings. The molecule has 6 nitrogen and oxygen atoms in total. The molecule has 2 aromatic carbocycles. The third kappa shape index (κ3) is 3.35. The minimum Gasteiger partial charge on any atom is -0.454 e. The van der Waals surface area contributed by atoms with E-state index < -0.39 is 0 Å². The molecular formula is C16H17N2O4+. The molecule has 2 aromatic rings. The van der Waals surface area contributed by atoms with E-state index in [4.69, 9.17) is 9.47 Å². The summed E-state index contributed by atoms with van der Waals surface area (Å²) in [7, 11) is 0. The van der Waals surface area contributed by atoms with Gasteiger partial charge in [-0.15, -0.1) is 0 Å². The number of ether oxygens (including phenoxy) is 2. The number of hydrogen-bond acceptors (Lipinski definition) is 4. The predicted molar refractivity (Wildman–Crippen MR) is 79.9 cm³/mol. The van der Waals surface area contributed by atoms with Gasteiger partial charge in [0.05, 0.1) is 11.5 Å². The monoisotopic (exact) mass is 301 g/mol. The van der Waals surface area contributed by atoms with Gasteiger partial charge in [-0.2, -0.15) is 0 Å². The van der Waals surface area contributed by atoms with Crippen LogP contribution < -0.4 is 14.8 Å². The average Bonchev–Trinajstić information content (AvgIpc) is 2.99. The largest absolute Gasteiger partial charge is 0.454 e. The Hall–Kier alpha value is -2.60. The number of rotatable bonds is 6. The lowest BCUT2D eigenvalue weighted by atomic mass is 10.1. The quantitative estimate of drug-likeness (QED) is 0.500. The summed E-state index contributed by atoms with van der Waals surface area (Å²) in [6.07, 6.45) is 0.934. The van der Waals surface area contributed by atoms with Crippen LogP contribution in [0.5, 0.6) is 11.5 Å². The van der Waals surface area contributed by atoms with Gasteiger partial charge in [-0.05, 0) is 29.8 Å². The molecule has 114 valence electrons. The van der Waals surface area contributed by atoms with E-state index in [1.165, 1.54) is 5.56 Å². The third-order valence-electron chi connectivity index (χ3n) is 3.60. The summed E-state index contributed by atoms with van der Waals surface area (Å²) in [5.74, 6) is 1.62. The highest BCUT2D eigenvalue weighted by molar-refractivity contribution is 5.44. The van der Waals surface area contributed by atoms with Crippen LogP contribution in [-0.2, 0) is 13.0 Å². The van der Waals surface area contributed by atoms with Crippen LogP contribution in [0.25, 0.3) is 0 Å². The summed E-state index contributed by atoms with van der Waals surface area (Å²) in [4.78, 5) is 10.2. The molecule has 0 aliphatic carbocycles. The van der Waals surface area contributed by atoms with Gasteiger partial charge in [-0.1, -0.05) is 6.07 Å². The van der Waals surface area contributed by atoms with Gasteiger partial charge in [0.15, 0.2) is 11.5 Å². The van der Waals surface area contributed by atoms with E-state index in [0.29, 0.717) is 6.79 Å². The molecule has 0 amide bonds. The fourth-order valence-electron chi connectivity index (χ4n) is 2.39. The molecule has 0 spiro atoms. The van der Waals surface area contributed by atoms with Crippen molar-refractivity contribution in [2.24, 2.45) is 0 Å². The Labute approximate surface area is 127 Å². The van der Waals surface area contributed by atoms with Gasteiger partial charge in [0, 0.05) is 24.1 Å². The smallest absolute Gasteiger partial charge is 0.269 e. The molecule has 1 heterocycles. The highest BCUT2D eigenvalue weighted by atomic mass is 16.7. The molecule has 0 saturated heterocycles. The topological polar surface area (TPSA) is 78.2 Å². The van der Waals surface area contributed by atoms with Crippen molar-refractivity contribution >= 4 is 5.69 Å². The van der Waals surface area contributed by atoms with Crippen LogP contribution in [0.15, 0.2) is 42.5 Å². The molecule has 1 aliphatic rings. The van der Waals surface area contributed by atoms with E-state index in [1.807, 2.05) is 18.2 Å². The maximum absolute atomic E-state index is 10.6. The minimum atomic E-state index is -0.382. The second kappa shape index (κ2) is 6.44. The van der Waals surface area contributed by atoms with Crippen molar-refractivity contribution in [2.45, 2.75) is 13.0 Å². The van der Waals surface area contributed by atoms with Crippen molar-refractivity contribution in [3.8, 4) is 11.5 Å². The number of hydrogen-bond donors (Lipinski definition) is 1. The van der Waals surface area contributed by atoms with E-state index in [9.17, 15) is 10.1 Å². The Morgan fingerprint density at radius 1 is 1.05 bits per heavy atom. The maximum Gasteiger partial charge on any atom is 0.269 e. The first-order valence-electron chi connectivity index (χ1n) is 7.16. The van der Waals surface area contributed by atoms with Crippen molar-refractivity contribution in [1.29, 1.82) is 0 Å². The lowest BCUT2D eigenvalue weighted by Gasteiger charge is -2.04. The Balaban J connectivity index is 1.46. The first-order valence-corrected chi connectivity index (χ1v) is 7.16. The van der Waals surface area contributed by atoms with E-state index in [2.05, 4.69) is 5.32 Å². The van der Waals surface area contributed by atoms with Gasteiger partial charge >= 0.3 is 0 Å². The number of quaternary nitrogens is 1. The molecule has 0 aromatic heterocycles. The normalized spacial score (nSPS) is 12.4. The summed E-state index contributed by atoms with van der Waals surface area (Å²) in [5, 5.41) is 12.8. The zero-order valence-electron chi connectivity index (χ0n) is 12.0. The standard InChI is InChI=1S/C16H16N2O4/c19-18(20)14-4-1-13(2-5-14)10-17-8-7-12-3-6-15-16(9-12)22-11-21-15/h1-6,9,17H,7-8,10-11H2/p+1. The highest BCUT2D eigenvalue weighted by Gasteiger charge is 2.13. The fourth-order valence-corrected chi connectivity index (χ4v) is 2.39. The zero-order chi connectivity index (χ0) is 15.4. The van der Waals surface area contributed by atoms with Crippen LogP contribution in [0.2, 0.25) is 0 Å². The number of nitro benzene ring substituents is 1. The van der Waals surface area contributed by atoms with Crippen LogP contribution in [0, 0.1) is 10.1 Å². The molecule has 2 N–H and O–H groups in total. The molecule has 22 heavy (non-hydrogen) atoms. The van der Waals surface area contributed by atoms with E-state index in [0.717, 1.165) is 36.6 Å². The Morgan fingerprint density at radius 2 is 1.77 bits per heavy atom. The van der Waals surface area contributed by atoms with Crippen LogP contribution in [-0.4, -0.2) is 18.3 Å². The Morgan fingerprint density at radius 3 is 2.55 bits per heavy atom. The fraction of sp³-hybridized carbons (Fsp3) is 0.250. The number of fused-ring (bicyclic) bond motifs is 1. The SMILES string of the molecule is O=[N+]([O-])c1ccc(C[NH2+]CCc2ccc3c(c2)OCO3)cc1. The molecular weight excluding hydrogens is 284 g/mol. The Bertz CT molecular complexity index is 670. The average molecular weight is 301 g/mol. The third-order valence-corrected chi connectivity index (χ3v) is 3.60. The van der Waals surface area contributed by atoms with E-state index >= 15 is 0 Å². The first-order chi connectivity index (χ1) is 10.7. The van der Waals surface area contributed by atoms with Gasteiger partial charge in [0.25, 0.3) is 5.69 Å². The second-order valence-electron chi connectivity index (χ2n) is 5.14. The lowest BCUT2D eigenvalue weighted by Crippen LogP contribution is -2.83. The Kier molecular flexibility index (Phi) is 4.20. The first kappa shape index (κ1) is 14.3. The zero-order valence-corrected chi connectivity index (χ0v) is 12.0. The van der Waals surface area contributed by atoms with Crippen LogP contribution in [0.1, 0.15) is 11.1 Å². The number of nitro groups is 1. The maximum atomic E-state index is 10.6. The van der Waals surface area contributed by atoms with Gasteiger partial charge < -0.3 is 14.8 Å². The molecule has 0 unspecified atom stereocenters. The molecule has 6 heteroatoms. The molecule has 3 rings (SSSR count). The highest BCUT2D eigenvalue weighted by Crippen LogP contribution is 2.32. The van der Waals surface area contributed by atoms with Gasteiger partial charge in [-0.3, -0.25) is 10.1 Å². The molecule has 0 bridgehead atoms. The second-order valence-corrected chi connectivity index (χ2v) is 5.14. The summed E-state index contributed by atoms with van der Waals surface area (Å²) in [6.45, 7) is 2.05. The number of benzene rings is 2. The van der Waals surface area contributed by atoms with Crippen LogP contribution in [0.3, 0.4) is 0 Å². The summed E-state index contributed by atoms with van der Waals surface area (Å²) in [5.41, 5.74) is 2.42. The van der Waals surface area contributed by atoms with Crippen molar-refractivity contribution in [3.05, 3.63) is 63.7 Å². The van der Waals surface area contributed by atoms with Crippen molar-refractivity contribution in [1.82, 2.24) is 0 Å². The molecule has 0 radical (unpaired) electrons. The molecule has 0 saturated carbocycles.